The minimum atomic E-state index is 0.461. The van der Waals surface area contributed by atoms with Crippen molar-refractivity contribution in [3.63, 3.8) is 0 Å². The van der Waals surface area contributed by atoms with E-state index in [-0.39, 0.29) is 0 Å². The largest absolute Gasteiger partial charge is 0.508 e. The van der Waals surface area contributed by atoms with Gasteiger partial charge in [0.25, 0.3) is 0 Å². The standard InChI is InChI=1S/C20H34O/c1-4-6-7-8-9-12-17(3)15-18(5-2)16-19-13-10-11-14-20(19)21/h10-11,13-14,17-18,21H,4-9,12,15-16H2,1-3H3. The van der Waals surface area contributed by atoms with Crippen LogP contribution in [-0.4, -0.2) is 5.11 Å². The van der Waals surface area contributed by atoms with E-state index in [2.05, 4.69) is 26.8 Å². The number of aromatic hydroxyl groups is 1. The van der Waals surface area contributed by atoms with E-state index < -0.39 is 0 Å². The van der Waals surface area contributed by atoms with Crippen LogP contribution in [0.3, 0.4) is 0 Å². The average molecular weight is 290 g/mol. The van der Waals surface area contributed by atoms with Gasteiger partial charge in [0.05, 0.1) is 0 Å². The molecule has 0 fully saturated rings. The van der Waals surface area contributed by atoms with E-state index in [0.717, 1.165) is 17.9 Å². The first-order valence-corrected chi connectivity index (χ1v) is 8.94. The average Bonchev–Trinajstić information content (AvgIpc) is 2.48. The summed E-state index contributed by atoms with van der Waals surface area (Å²) in [5.41, 5.74) is 1.11. The molecule has 1 rings (SSSR count). The predicted octanol–water partition coefficient (Wildman–Crippen LogP) is 6.35. The highest BCUT2D eigenvalue weighted by Gasteiger charge is 2.14. The first-order chi connectivity index (χ1) is 10.2. The molecule has 0 radical (unpaired) electrons. The monoisotopic (exact) mass is 290 g/mol. The first-order valence-electron chi connectivity index (χ1n) is 8.94. The minimum absolute atomic E-state index is 0.461. The van der Waals surface area contributed by atoms with Crippen LogP contribution in [0.2, 0.25) is 0 Å². The van der Waals surface area contributed by atoms with E-state index in [1.807, 2.05) is 12.1 Å². The van der Waals surface area contributed by atoms with E-state index >= 15 is 0 Å². The van der Waals surface area contributed by atoms with Gasteiger partial charge in [0, 0.05) is 0 Å². The highest BCUT2D eigenvalue weighted by molar-refractivity contribution is 5.32. The molecule has 2 unspecified atom stereocenters. The molecule has 120 valence electrons. The fourth-order valence-electron chi connectivity index (χ4n) is 3.17. The molecule has 0 spiro atoms. The Balaban J connectivity index is 2.31. The molecule has 1 aromatic carbocycles. The Morgan fingerprint density at radius 2 is 1.71 bits per heavy atom. The van der Waals surface area contributed by atoms with Gasteiger partial charge in [-0.05, 0) is 36.3 Å². The molecule has 21 heavy (non-hydrogen) atoms. The van der Waals surface area contributed by atoms with E-state index in [1.54, 1.807) is 6.07 Å². The van der Waals surface area contributed by atoms with Gasteiger partial charge < -0.3 is 5.11 Å². The van der Waals surface area contributed by atoms with Gasteiger partial charge in [-0.15, -0.1) is 0 Å². The number of unbranched alkanes of at least 4 members (excludes halogenated alkanes) is 4. The van der Waals surface area contributed by atoms with Gasteiger partial charge in [-0.25, -0.2) is 0 Å². The Morgan fingerprint density at radius 3 is 2.38 bits per heavy atom. The zero-order valence-corrected chi connectivity index (χ0v) is 14.3. The molecule has 1 nitrogen and oxygen atoms in total. The summed E-state index contributed by atoms with van der Waals surface area (Å²) in [6.45, 7) is 6.94. The summed E-state index contributed by atoms with van der Waals surface area (Å²) in [4.78, 5) is 0. The van der Waals surface area contributed by atoms with Crippen LogP contribution in [0.5, 0.6) is 5.75 Å². The fraction of sp³-hybridized carbons (Fsp3) is 0.700. The number of para-hydroxylation sites is 1. The van der Waals surface area contributed by atoms with E-state index in [1.165, 1.54) is 51.4 Å². The molecule has 1 heteroatoms. The SMILES string of the molecule is CCCCCCCC(C)CC(CC)Cc1ccccc1O. The second kappa shape index (κ2) is 10.7. The van der Waals surface area contributed by atoms with Gasteiger partial charge in [-0.3, -0.25) is 0 Å². The van der Waals surface area contributed by atoms with Gasteiger partial charge in [0.2, 0.25) is 0 Å². The summed E-state index contributed by atoms with van der Waals surface area (Å²) >= 11 is 0. The molecule has 0 aromatic heterocycles. The van der Waals surface area contributed by atoms with Crippen LogP contribution in [0.15, 0.2) is 24.3 Å². The third-order valence-corrected chi connectivity index (χ3v) is 4.61. The molecule has 2 atom stereocenters. The van der Waals surface area contributed by atoms with Crippen molar-refractivity contribution in [1.82, 2.24) is 0 Å². The molecular weight excluding hydrogens is 256 g/mol. The topological polar surface area (TPSA) is 20.2 Å². The summed E-state index contributed by atoms with van der Waals surface area (Å²) < 4.78 is 0. The summed E-state index contributed by atoms with van der Waals surface area (Å²) in [5.74, 6) is 1.97. The molecule has 0 amide bonds. The number of benzene rings is 1. The van der Waals surface area contributed by atoms with Crippen molar-refractivity contribution in [1.29, 1.82) is 0 Å². The van der Waals surface area contributed by atoms with Gasteiger partial charge in [-0.1, -0.05) is 83.9 Å². The normalized spacial score (nSPS) is 14.0. The molecule has 0 saturated heterocycles. The lowest BCUT2D eigenvalue weighted by atomic mass is 9.86. The van der Waals surface area contributed by atoms with Crippen molar-refractivity contribution in [2.24, 2.45) is 11.8 Å². The quantitative estimate of drug-likeness (QED) is 0.471. The van der Waals surface area contributed by atoms with Crippen molar-refractivity contribution in [3.05, 3.63) is 29.8 Å². The maximum absolute atomic E-state index is 9.91. The minimum Gasteiger partial charge on any atom is -0.508 e. The van der Waals surface area contributed by atoms with Crippen molar-refractivity contribution in [2.45, 2.75) is 78.6 Å². The van der Waals surface area contributed by atoms with Crippen molar-refractivity contribution in [3.8, 4) is 5.75 Å². The van der Waals surface area contributed by atoms with E-state index in [9.17, 15) is 5.11 Å². The molecule has 0 bridgehead atoms. The van der Waals surface area contributed by atoms with Crippen LogP contribution in [0.4, 0.5) is 0 Å². The summed E-state index contributed by atoms with van der Waals surface area (Å²) in [6, 6.07) is 7.80. The van der Waals surface area contributed by atoms with Gasteiger partial charge in [0.1, 0.15) is 5.75 Å². The lowest BCUT2D eigenvalue weighted by Gasteiger charge is -2.20. The van der Waals surface area contributed by atoms with Crippen LogP contribution in [-0.2, 0) is 6.42 Å². The van der Waals surface area contributed by atoms with Gasteiger partial charge in [0.15, 0.2) is 0 Å². The Morgan fingerprint density at radius 1 is 1.00 bits per heavy atom. The number of phenols is 1. The van der Waals surface area contributed by atoms with Gasteiger partial charge in [-0.2, -0.15) is 0 Å². The lowest BCUT2D eigenvalue weighted by molar-refractivity contribution is 0.349. The second-order valence-electron chi connectivity index (χ2n) is 6.65. The maximum atomic E-state index is 9.91. The third kappa shape index (κ3) is 7.55. The lowest BCUT2D eigenvalue weighted by Crippen LogP contribution is -2.09. The van der Waals surface area contributed by atoms with E-state index in [0.29, 0.717) is 11.7 Å². The van der Waals surface area contributed by atoms with Crippen LogP contribution >= 0.6 is 0 Å². The van der Waals surface area contributed by atoms with Crippen molar-refractivity contribution >= 4 is 0 Å². The molecule has 0 aliphatic rings. The first kappa shape index (κ1) is 18.1. The zero-order valence-electron chi connectivity index (χ0n) is 14.3. The molecular formula is C20H34O. The highest BCUT2D eigenvalue weighted by atomic mass is 16.3. The molecule has 1 N–H and O–H groups in total. The van der Waals surface area contributed by atoms with Crippen molar-refractivity contribution in [2.75, 3.05) is 0 Å². The number of hydrogen-bond acceptors (Lipinski definition) is 1. The molecule has 0 aliphatic heterocycles. The van der Waals surface area contributed by atoms with E-state index in [4.69, 9.17) is 0 Å². The van der Waals surface area contributed by atoms with Crippen LogP contribution in [0.1, 0.15) is 77.7 Å². The number of rotatable bonds is 11. The predicted molar refractivity (Wildman–Crippen MR) is 92.7 cm³/mol. The Bertz CT molecular complexity index is 372. The van der Waals surface area contributed by atoms with Crippen LogP contribution in [0.25, 0.3) is 0 Å². The number of phenolic OH excluding ortho intramolecular Hbond substituents is 1. The molecule has 1 aromatic rings. The molecule has 0 aliphatic carbocycles. The van der Waals surface area contributed by atoms with Crippen LogP contribution in [0, 0.1) is 11.8 Å². The fourth-order valence-corrected chi connectivity index (χ4v) is 3.17. The second-order valence-corrected chi connectivity index (χ2v) is 6.65. The molecule has 0 heterocycles. The Labute approximate surface area is 131 Å². The van der Waals surface area contributed by atoms with Gasteiger partial charge >= 0.3 is 0 Å². The Kier molecular flexibility index (Phi) is 9.21. The smallest absolute Gasteiger partial charge is 0.118 e. The summed E-state index contributed by atoms with van der Waals surface area (Å²) in [5, 5.41) is 9.91. The third-order valence-electron chi connectivity index (χ3n) is 4.61. The number of hydrogen-bond donors (Lipinski definition) is 1. The van der Waals surface area contributed by atoms with Crippen molar-refractivity contribution < 1.29 is 5.11 Å². The Hall–Kier alpha value is -0.980. The summed E-state index contributed by atoms with van der Waals surface area (Å²) in [7, 11) is 0. The zero-order chi connectivity index (χ0) is 15.5. The summed E-state index contributed by atoms with van der Waals surface area (Å²) in [6.07, 6.45) is 11.8. The molecule has 0 saturated carbocycles. The highest BCUT2D eigenvalue weighted by Crippen LogP contribution is 2.27. The van der Waals surface area contributed by atoms with Crippen LogP contribution < -0.4 is 0 Å². The maximum Gasteiger partial charge on any atom is 0.118 e.